The fourth-order valence-electron chi connectivity index (χ4n) is 11.5. The molecule has 0 radical (unpaired) electrons. The van der Waals surface area contributed by atoms with Crippen LogP contribution in [0.4, 0.5) is 0 Å². The van der Waals surface area contributed by atoms with Crippen molar-refractivity contribution in [3.8, 4) is 0 Å². The first-order valence-electron chi connectivity index (χ1n) is 18.7. The highest BCUT2D eigenvalue weighted by atomic mass is 16.7. The summed E-state index contributed by atoms with van der Waals surface area (Å²) in [6.07, 6.45) is 3.94. The predicted molar refractivity (Wildman–Crippen MR) is 177 cm³/mol. The number of carbonyl (C=O) groups excluding carboxylic acids is 2. The van der Waals surface area contributed by atoms with Gasteiger partial charge in [0.15, 0.2) is 0 Å². The van der Waals surface area contributed by atoms with Gasteiger partial charge in [-0.1, -0.05) is 40.5 Å². The van der Waals surface area contributed by atoms with Gasteiger partial charge in [-0.05, 0) is 110 Å². The maximum absolute atomic E-state index is 12.3. The van der Waals surface area contributed by atoms with Crippen molar-refractivity contribution in [2.45, 2.75) is 155 Å². The van der Waals surface area contributed by atoms with Crippen molar-refractivity contribution in [1.82, 2.24) is 5.32 Å². The first-order chi connectivity index (χ1) is 22.5. The zero-order valence-electron chi connectivity index (χ0n) is 30.0. The summed E-state index contributed by atoms with van der Waals surface area (Å²) in [5.41, 5.74) is -2.33. The van der Waals surface area contributed by atoms with E-state index < -0.39 is 42.8 Å². The summed E-state index contributed by atoms with van der Waals surface area (Å²) in [5, 5.41) is 56.4. The monoisotopic (exact) mass is 681 g/mol. The summed E-state index contributed by atoms with van der Waals surface area (Å²) in [5.74, 6) is 1.57. The van der Waals surface area contributed by atoms with Crippen LogP contribution < -0.4 is 5.32 Å². The van der Waals surface area contributed by atoms with E-state index in [1.54, 1.807) is 0 Å². The van der Waals surface area contributed by atoms with Crippen LogP contribution in [0.1, 0.15) is 112 Å². The minimum absolute atomic E-state index is 0.0543. The van der Waals surface area contributed by atoms with Gasteiger partial charge in [0.2, 0.25) is 17.9 Å². The van der Waals surface area contributed by atoms with Crippen molar-refractivity contribution in [1.29, 1.82) is 0 Å². The molecule has 11 nitrogen and oxygen atoms in total. The highest BCUT2D eigenvalue weighted by molar-refractivity contribution is 5.73. The zero-order valence-corrected chi connectivity index (χ0v) is 30.0. The average molecular weight is 682 g/mol. The fourth-order valence-corrected chi connectivity index (χ4v) is 11.5. The number of aliphatic hydroxyl groups excluding tert-OH is 4. The van der Waals surface area contributed by atoms with Gasteiger partial charge in [0, 0.05) is 13.8 Å². The molecule has 0 aromatic carbocycles. The maximum Gasteiger partial charge on any atom is 0.302 e. The molecule has 5 aliphatic rings. The summed E-state index contributed by atoms with van der Waals surface area (Å²) in [6.45, 7) is 11.8. The molecular formula is C37H63NO10. The number of hydrogen-bond acceptors (Lipinski definition) is 10. The Morgan fingerprint density at radius 3 is 2.35 bits per heavy atom. The van der Waals surface area contributed by atoms with Gasteiger partial charge in [0.1, 0.15) is 18.3 Å². The Kier molecular flexibility index (Phi) is 11.6. The van der Waals surface area contributed by atoms with Gasteiger partial charge in [-0.3, -0.25) is 9.59 Å². The first kappa shape index (κ1) is 37.9. The van der Waals surface area contributed by atoms with Crippen molar-refractivity contribution in [2.75, 3.05) is 13.2 Å². The minimum Gasteiger partial charge on any atom is -0.466 e. The molecule has 1 saturated heterocycles. The second-order valence-corrected chi connectivity index (χ2v) is 17.0. The van der Waals surface area contributed by atoms with E-state index in [-0.39, 0.29) is 40.8 Å². The SMILES string of the molecule is CC(=O)N[C@]1(O)[C@H](O[C@H]2C[C@H]([C@H](C)CCC[C@@H](C)COC(C)=O)[C@@]3(C)CC[C@H]4[C@@H](CC[C@H]5C[C@H](O)CC[C@@]54C)[C@H]23)O[C@H](CO)[C@@H](O)[C@@H]1O. The number of carbonyl (C=O) groups is 2. The molecule has 11 heteroatoms. The summed E-state index contributed by atoms with van der Waals surface area (Å²) in [4.78, 5) is 23.6. The van der Waals surface area contributed by atoms with Crippen LogP contribution in [-0.4, -0.2) is 93.2 Å². The molecule has 1 aliphatic heterocycles. The lowest BCUT2D eigenvalue weighted by Crippen LogP contribution is -2.74. The third kappa shape index (κ3) is 7.08. The summed E-state index contributed by atoms with van der Waals surface area (Å²) in [6, 6.07) is 0. The lowest BCUT2D eigenvalue weighted by atomic mass is 9.44. The molecule has 276 valence electrons. The highest BCUT2D eigenvalue weighted by Gasteiger charge is 2.65. The van der Waals surface area contributed by atoms with E-state index in [1.807, 2.05) is 0 Å². The van der Waals surface area contributed by atoms with Crippen molar-refractivity contribution >= 4 is 11.9 Å². The molecule has 16 atom stereocenters. The van der Waals surface area contributed by atoms with E-state index in [0.29, 0.717) is 36.2 Å². The molecule has 0 aromatic rings. The van der Waals surface area contributed by atoms with E-state index in [4.69, 9.17) is 14.2 Å². The quantitative estimate of drug-likeness (QED) is 0.140. The Morgan fingerprint density at radius 1 is 0.979 bits per heavy atom. The van der Waals surface area contributed by atoms with E-state index in [0.717, 1.165) is 70.6 Å². The van der Waals surface area contributed by atoms with Gasteiger partial charge in [-0.2, -0.15) is 0 Å². The Bertz CT molecular complexity index is 1140. The van der Waals surface area contributed by atoms with Crippen molar-refractivity contribution in [3.05, 3.63) is 0 Å². The Morgan fingerprint density at radius 2 is 1.69 bits per heavy atom. The third-order valence-electron chi connectivity index (χ3n) is 14.0. The van der Waals surface area contributed by atoms with Crippen LogP contribution in [0.25, 0.3) is 0 Å². The summed E-state index contributed by atoms with van der Waals surface area (Å²) < 4.78 is 18.0. The highest BCUT2D eigenvalue weighted by Crippen LogP contribution is 2.69. The van der Waals surface area contributed by atoms with Crippen LogP contribution in [-0.2, 0) is 23.8 Å². The van der Waals surface area contributed by atoms with Crippen LogP contribution in [0.3, 0.4) is 0 Å². The summed E-state index contributed by atoms with van der Waals surface area (Å²) >= 11 is 0. The normalized spacial score (nSPS) is 46.9. The summed E-state index contributed by atoms with van der Waals surface area (Å²) in [7, 11) is 0. The largest absolute Gasteiger partial charge is 0.466 e. The van der Waals surface area contributed by atoms with Crippen LogP contribution in [0.5, 0.6) is 0 Å². The standard InChI is InChI=1S/C37H63NO10/c1-20(19-46-23(4)41)8-7-9-21(2)28-17-29(47-34-37(45,38-22(3)40)33(44)32(43)30(18-39)48-34)31-26-11-10-24-16-25(42)12-14-35(24,5)27(26)13-15-36(28,31)6/h20-21,24-34,39,42-45H,7-19H2,1-6H3,(H,38,40)/t20-,21-,24+,25-,26-,27+,28-,29+,30-,31-,32-,33+,34-,35+,36-,37-/m1/s1. The van der Waals surface area contributed by atoms with Crippen LogP contribution in [0.2, 0.25) is 0 Å². The van der Waals surface area contributed by atoms with Gasteiger partial charge < -0.3 is 45.1 Å². The van der Waals surface area contributed by atoms with Gasteiger partial charge in [0.05, 0.1) is 25.4 Å². The minimum atomic E-state index is -2.41. The van der Waals surface area contributed by atoms with Crippen LogP contribution in [0, 0.1) is 52.3 Å². The van der Waals surface area contributed by atoms with Crippen molar-refractivity contribution < 1.29 is 49.3 Å². The topological polar surface area (TPSA) is 175 Å². The van der Waals surface area contributed by atoms with E-state index >= 15 is 0 Å². The van der Waals surface area contributed by atoms with E-state index in [9.17, 15) is 35.1 Å². The van der Waals surface area contributed by atoms with E-state index in [1.165, 1.54) is 13.8 Å². The average Bonchev–Trinajstić information content (AvgIpc) is 3.32. The second kappa shape index (κ2) is 14.7. The van der Waals surface area contributed by atoms with Crippen molar-refractivity contribution in [2.24, 2.45) is 52.3 Å². The Hall–Kier alpha value is -1.34. The number of fused-ring (bicyclic) bond motifs is 5. The van der Waals surface area contributed by atoms with Crippen molar-refractivity contribution in [3.63, 3.8) is 0 Å². The van der Waals surface area contributed by atoms with Gasteiger partial charge in [-0.15, -0.1) is 0 Å². The van der Waals surface area contributed by atoms with E-state index in [2.05, 4.69) is 33.0 Å². The maximum atomic E-state index is 12.3. The molecule has 0 aromatic heterocycles. The van der Waals surface area contributed by atoms with Crippen LogP contribution in [0.15, 0.2) is 0 Å². The molecule has 5 fully saturated rings. The molecule has 6 N–H and O–H groups in total. The number of hydrogen-bond donors (Lipinski definition) is 6. The lowest BCUT2D eigenvalue weighted by molar-refractivity contribution is -0.360. The first-order valence-corrected chi connectivity index (χ1v) is 18.7. The smallest absolute Gasteiger partial charge is 0.302 e. The Balaban J connectivity index is 1.43. The number of esters is 1. The molecule has 0 spiro atoms. The molecule has 0 bridgehead atoms. The molecule has 48 heavy (non-hydrogen) atoms. The van der Waals surface area contributed by atoms with Crippen LogP contribution >= 0.6 is 0 Å². The lowest BCUT2D eigenvalue weighted by Gasteiger charge is -2.61. The molecule has 1 heterocycles. The van der Waals surface area contributed by atoms with Gasteiger partial charge in [-0.25, -0.2) is 0 Å². The molecule has 4 saturated carbocycles. The van der Waals surface area contributed by atoms with Gasteiger partial charge >= 0.3 is 5.97 Å². The molecule has 4 aliphatic carbocycles. The third-order valence-corrected chi connectivity index (χ3v) is 14.0. The Labute approximate surface area is 286 Å². The number of rotatable bonds is 11. The molecule has 0 unspecified atom stereocenters. The zero-order chi connectivity index (χ0) is 35.2. The number of nitrogens with one attached hydrogen (secondary N) is 1. The predicted octanol–water partition coefficient (Wildman–Crippen LogP) is 3.27. The number of aliphatic hydroxyl groups is 5. The fraction of sp³-hybridized carbons (Fsp3) is 0.946. The molecular weight excluding hydrogens is 618 g/mol. The second-order valence-electron chi connectivity index (χ2n) is 17.0. The number of amides is 1. The molecule has 5 rings (SSSR count). The molecule has 1 amide bonds. The van der Waals surface area contributed by atoms with Gasteiger partial charge in [0.25, 0.3) is 0 Å². The number of ether oxygens (including phenoxy) is 3.